The monoisotopic (exact) mass is 167 g/mol. The number of aromatic carboxylic acids is 1. The van der Waals surface area contributed by atoms with Gasteiger partial charge in [-0.05, 0) is 12.1 Å². The second-order valence-electron chi connectivity index (χ2n) is 2.17. The van der Waals surface area contributed by atoms with E-state index in [1.807, 2.05) is 6.07 Å². The summed E-state index contributed by atoms with van der Waals surface area (Å²) in [7, 11) is 0. The molecule has 2 N–H and O–H groups in total. The normalized spacial score (nSPS) is 10.5. The Kier molecular flexibility index (Phi) is 1.22. The molecule has 0 aliphatic heterocycles. The van der Waals surface area contributed by atoms with Gasteiger partial charge in [-0.2, -0.15) is 0 Å². The van der Waals surface area contributed by atoms with Crippen LogP contribution in [0.3, 0.4) is 0 Å². The van der Waals surface area contributed by atoms with E-state index in [9.17, 15) is 4.79 Å². The number of aromatic nitrogens is 1. The third-order valence-corrected chi connectivity index (χ3v) is 2.53. The molecule has 0 unspecified atom stereocenters. The highest BCUT2D eigenvalue weighted by Crippen LogP contribution is 2.23. The van der Waals surface area contributed by atoms with E-state index < -0.39 is 5.97 Å². The molecular formula is C7H5NO2S. The molecule has 0 bridgehead atoms. The molecule has 0 fully saturated rings. The number of carboxylic acids is 1. The Hall–Kier alpha value is -1.29. The molecule has 3 nitrogen and oxygen atoms in total. The molecule has 2 rings (SSSR count). The molecule has 0 spiro atoms. The van der Waals surface area contributed by atoms with Crippen LogP contribution in [0.2, 0.25) is 0 Å². The van der Waals surface area contributed by atoms with Gasteiger partial charge in [0.1, 0.15) is 4.88 Å². The van der Waals surface area contributed by atoms with Crippen LogP contribution in [0, 0.1) is 0 Å². The fourth-order valence-electron chi connectivity index (χ4n) is 0.954. The summed E-state index contributed by atoms with van der Waals surface area (Å²) in [5.41, 5.74) is 0.896. The van der Waals surface area contributed by atoms with Crippen molar-refractivity contribution in [3.63, 3.8) is 0 Å². The van der Waals surface area contributed by atoms with Crippen LogP contribution in [0.15, 0.2) is 18.3 Å². The standard InChI is InChI=1S/C7H5NO2S/c9-7(10)6-3-4-5(11-6)1-2-8-4/h1-3,8H,(H,9,10). The molecule has 0 aliphatic carbocycles. The molecule has 2 heterocycles. The van der Waals surface area contributed by atoms with Gasteiger partial charge in [0, 0.05) is 6.20 Å². The molecule has 0 amide bonds. The fraction of sp³-hybridized carbons (Fsp3) is 0. The molecule has 0 aromatic carbocycles. The zero-order valence-corrected chi connectivity index (χ0v) is 6.31. The minimum absolute atomic E-state index is 0.381. The second-order valence-corrected chi connectivity index (χ2v) is 3.26. The van der Waals surface area contributed by atoms with Crippen LogP contribution in [-0.2, 0) is 0 Å². The molecule has 0 atom stereocenters. The van der Waals surface area contributed by atoms with Gasteiger partial charge in [-0.3, -0.25) is 0 Å². The third-order valence-electron chi connectivity index (χ3n) is 1.45. The molecule has 0 radical (unpaired) electrons. The molecule has 11 heavy (non-hydrogen) atoms. The van der Waals surface area contributed by atoms with E-state index >= 15 is 0 Å². The van der Waals surface area contributed by atoms with Gasteiger partial charge in [0.2, 0.25) is 0 Å². The summed E-state index contributed by atoms with van der Waals surface area (Å²) in [4.78, 5) is 13.8. The van der Waals surface area contributed by atoms with Crippen LogP contribution >= 0.6 is 11.3 Å². The van der Waals surface area contributed by atoms with Crippen molar-refractivity contribution in [2.75, 3.05) is 0 Å². The highest BCUT2D eigenvalue weighted by molar-refractivity contribution is 7.20. The van der Waals surface area contributed by atoms with Crippen molar-refractivity contribution in [1.82, 2.24) is 4.98 Å². The highest BCUT2D eigenvalue weighted by atomic mass is 32.1. The Bertz CT molecular complexity index is 373. The predicted molar refractivity (Wildman–Crippen MR) is 43.1 cm³/mol. The Labute approximate surface area is 66.3 Å². The molecule has 0 saturated carbocycles. The lowest BCUT2D eigenvalue weighted by molar-refractivity contribution is 0.0702. The van der Waals surface area contributed by atoms with Crippen molar-refractivity contribution in [2.45, 2.75) is 0 Å². The van der Waals surface area contributed by atoms with Gasteiger partial charge in [0.25, 0.3) is 0 Å². The van der Waals surface area contributed by atoms with Gasteiger partial charge in [-0.25, -0.2) is 4.79 Å². The number of rotatable bonds is 1. The van der Waals surface area contributed by atoms with Crippen LogP contribution in [0.1, 0.15) is 9.67 Å². The largest absolute Gasteiger partial charge is 0.477 e. The van der Waals surface area contributed by atoms with Crippen molar-refractivity contribution >= 4 is 27.5 Å². The van der Waals surface area contributed by atoms with Crippen molar-refractivity contribution in [2.24, 2.45) is 0 Å². The number of hydrogen-bond donors (Lipinski definition) is 2. The van der Waals surface area contributed by atoms with E-state index in [0.29, 0.717) is 4.88 Å². The zero-order chi connectivity index (χ0) is 7.84. The first kappa shape index (κ1) is 6.42. The van der Waals surface area contributed by atoms with Crippen LogP contribution < -0.4 is 0 Å². The Morgan fingerprint density at radius 1 is 1.64 bits per heavy atom. The second kappa shape index (κ2) is 2.10. The first-order chi connectivity index (χ1) is 5.27. The zero-order valence-electron chi connectivity index (χ0n) is 5.50. The van der Waals surface area contributed by atoms with Crippen molar-refractivity contribution in [3.8, 4) is 0 Å². The first-order valence-corrected chi connectivity index (χ1v) is 3.89. The number of carbonyl (C=O) groups is 1. The summed E-state index contributed by atoms with van der Waals surface area (Å²) in [6.07, 6.45) is 1.80. The van der Waals surface area contributed by atoms with E-state index in [4.69, 9.17) is 5.11 Å². The molecular weight excluding hydrogens is 162 g/mol. The number of hydrogen-bond acceptors (Lipinski definition) is 2. The summed E-state index contributed by atoms with van der Waals surface area (Å²) in [5, 5.41) is 8.60. The summed E-state index contributed by atoms with van der Waals surface area (Å²) in [6.45, 7) is 0. The lowest BCUT2D eigenvalue weighted by Gasteiger charge is -1.80. The molecule has 2 aromatic rings. The minimum Gasteiger partial charge on any atom is -0.477 e. The summed E-state index contributed by atoms with van der Waals surface area (Å²) in [5.74, 6) is -0.861. The topological polar surface area (TPSA) is 53.1 Å². The molecule has 4 heteroatoms. The van der Waals surface area contributed by atoms with Crippen LogP contribution in [0.4, 0.5) is 0 Å². The number of aromatic amines is 1. The summed E-state index contributed by atoms with van der Waals surface area (Å²) in [6, 6.07) is 3.51. The quantitative estimate of drug-likeness (QED) is 0.681. The number of fused-ring (bicyclic) bond motifs is 1. The third kappa shape index (κ3) is 0.914. The maximum Gasteiger partial charge on any atom is 0.345 e. The Balaban J connectivity index is 2.67. The number of carboxylic acid groups (broad SMARTS) is 1. The van der Waals surface area contributed by atoms with E-state index in [0.717, 1.165) is 10.2 Å². The molecule has 0 aliphatic rings. The lowest BCUT2D eigenvalue weighted by atomic mass is 10.4. The fourth-order valence-corrected chi connectivity index (χ4v) is 1.82. The van der Waals surface area contributed by atoms with Crippen LogP contribution in [0.5, 0.6) is 0 Å². The lowest BCUT2D eigenvalue weighted by Crippen LogP contribution is -1.89. The van der Waals surface area contributed by atoms with Crippen molar-refractivity contribution in [1.29, 1.82) is 0 Å². The maximum absolute atomic E-state index is 10.5. The van der Waals surface area contributed by atoms with E-state index in [1.54, 1.807) is 12.3 Å². The summed E-state index contributed by atoms with van der Waals surface area (Å²) >= 11 is 1.28. The van der Waals surface area contributed by atoms with E-state index in [-0.39, 0.29) is 0 Å². The van der Waals surface area contributed by atoms with Gasteiger partial charge in [-0.1, -0.05) is 0 Å². The van der Waals surface area contributed by atoms with Crippen LogP contribution in [0.25, 0.3) is 10.2 Å². The molecule has 0 saturated heterocycles. The van der Waals surface area contributed by atoms with Gasteiger partial charge in [0.05, 0.1) is 10.2 Å². The maximum atomic E-state index is 10.5. The first-order valence-electron chi connectivity index (χ1n) is 3.07. The number of H-pyrrole nitrogens is 1. The molecule has 56 valence electrons. The van der Waals surface area contributed by atoms with Gasteiger partial charge in [-0.15, -0.1) is 11.3 Å². The number of nitrogens with one attached hydrogen (secondary N) is 1. The smallest absolute Gasteiger partial charge is 0.345 e. The average Bonchev–Trinajstić information content (AvgIpc) is 2.40. The highest BCUT2D eigenvalue weighted by Gasteiger charge is 2.07. The average molecular weight is 167 g/mol. The Morgan fingerprint density at radius 3 is 3.09 bits per heavy atom. The summed E-state index contributed by atoms with van der Waals surface area (Å²) < 4.78 is 0.988. The number of thiophene rings is 1. The minimum atomic E-state index is -0.861. The van der Waals surface area contributed by atoms with Crippen molar-refractivity contribution < 1.29 is 9.90 Å². The van der Waals surface area contributed by atoms with Gasteiger partial charge in [0.15, 0.2) is 0 Å². The molecule has 2 aromatic heterocycles. The predicted octanol–water partition coefficient (Wildman–Crippen LogP) is 1.93. The Morgan fingerprint density at radius 2 is 2.45 bits per heavy atom. The van der Waals surface area contributed by atoms with Gasteiger partial charge < -0.3 is 10.1 Å². The van der Waals surface area contributed by atoms with Crippen LogP contribution in [-0.4, -0.2) is 16.1 Å². The van der Waals surface area contributed by atoms with E-state index in [1.165, 1.54) is 11.3 Å². The van der Waals surface area contributed by atoms with Gasteiger partial charge >= 0.3 is 5.97 Å². The SMILES string of the molecule is O=C(O)c1cc2[nH]ccc2s1. The van der Waals surface area contributed by atoms with Crippen molar-refractivity contribution in [3.05, 3.63) is 23.2 Å². The van der Waals surface area contributed by atoms with E-state index in [2.05, 4.69) is 4.98 Å².